The van der Waals surface area contributed by atoms with E-state index >= 15 is 0 Å². The standard InChI is InChI=1S/C17H16N4O/c1-12-9-13-5-2-3-7-15(13)21(12)11-16-19-17(20-22-16)14-6-4-8-18-10-14/h2-8,10,12H,9,11H2,1H3/t12-/m0/s1. The van der Waals surface area contributed by atoms with E-state index in [0.29, 0.717) is 24.3 Å². The minimum absolute atomic E-state index is 0.436. The SMILES string of the molecule is C[C@H]1Cc2ccccc2N1Cc1nc(-c2cccnc2)no1. The van der Waals surface area contributed by atoms with E-state index in [1.807, 2.05) is 12.1 Å². The average molecular weight is 292 g/mol. The third-order valence-electron chi connectivity index (χ3n) is 4.04. The van der Waals surface area contributed by atoms with Crippen molar-refractivity contribution in [1.29, 1.82) is 0 Å². The molecule has 0 N–H and O–H groups in total. The van der Waals surface area contributed by atoms with E-state index in [0.717, 1.165) is 12.0 Å². The number of fused-ring (bicyclic) bond motifs is 1. The Kier molecular flexibility index (Phi) is 3.11. The first-order chi connectivity index (χ1) is 10.8. The van der Waals surface area contributed by atoms with Crippen molar-refractivity contribution in [3.8, 4) is 11.4 Å². The lowest BCUT2D eigenvalue weighted by Crippen LogP contribution is -2.28. The summed E-state index contributed by atoms with van der Waals surface area (Å²) in [5, 5.41) is 4.06. The van der Waals surface area contributed by atoms with Crippen LogP contribution in [0.5, 0.6) is 0 Å². The Morgan fingerprint density at radius 3 is 3.00 bits per heavy atom. The fourth-order valence-corrected chi connectivity index (χ4v) is 2.95. The van der Waals surface area contributed by atoms with Gasteiger partial charge in [-0.3, -0.25) is 4.98 Å². The number of rotatable bonds is 3. The van der Waals surface area contributed by atoms with Gasteiger partial charge in [0, 0.05) is 29.7 Å². The zero-order valence-electron chi connectivity index (χ0n) is 12.3. The second-order valence-corrected chi connectivity index (χ2v) is 5.56. The molecule has 0 radical (unpaired) electrons. The average Bonchev–Trinajstić information content (AvgIpc) is 3.14. The van der Waals surface area contributed by atoms with Crippen molar-refractivity contribution in [2.75, 3.05) is 4.90 Å². The number of hydrogen-bond donors (Lipinski definition) is 0. The Bertz CT molecular complexity index is 784. The van der Waals surface area contributed by atoms with Crippen molar-refractivity contribution in [2.24, 2.45) is 0 Å². The number of anilines is 1. The van der Waals surface area contributed by atoms with Crippen LogP contribution in [0.15, 0.2) is 53.3 Å². The van der Waals surface area contributed by atoms with Crippen LogP contribution in [0.2, 0.25) is 0 Å². The first kappa shape index (κ1) is 13.0. The fourth-order valence-electron chi connectivity index (χ4n) is 2.95. The largest absolute Gasteiger partial charge is 0.359 e. The molecule has 5 heteroatoms. The molecule has 0 saturated carbocycles. The monoisotopic (exact) mass is 292 g/mol. The predicted molar refractivity (Wildman–Crippen MR) is 83.3 cm³/mol. The Morgan fingerprint density at radius 1 is 1.23 bits per heavy atom. The van der Waals surface area contributed by atoms with Gasteiger partial charge in [-0.05, 0) is 37.1 Å². The summed E-state index contributed by atoms with van der Waals surface area (Å²) in [6, 6.07) is 12.7. The van der Waals surface area contributed by atoms with Crippen LogP contribution in [0.3, 0.4) is 0 Å². The Hall–Kier alpha value is -2.69. The lowest BCUT2D eigenvalue weighted by molar-refractivity contribution is 0.374. The van der Waals surface area contributed by atoms with Crippen LogP contribution in [-0.4, -0.2) is 21.2 Å². The molecule has 0 saturated heterocycles. The number of nitrogens with zero attached hydrogens (tertiary/aromatic N) is 4. The highest BCUT2D eigenvalue weighted by molar-refractivity contribution is 5.59. The highest BCUT2D eigenvalue weighted by atomic mass is 16.5. The Morgan fingerprint density at radius 2 is 2.14 bits per heavy atom. The summed E-state index contributed by atoms with van der Waals surface area (Å²) in [7, 11) is 0. The lowest BCUT2D eigenvalue weighted by atomic mass is 10.1. The first-order valence-electron chi connectivity index (χ1n) is 7.39. The van der Waals surface area contributed by atoms with Gasteiger partial charge in [0.05, 0.1) is 6.54 Å². The second-order valence-electron chi connectivity index (χ2n) is 5.56. The van der Waals surface area contributed by atoms with Crippen molar-refractivity contribution in [2.45, 2.75) is 25.9 Å². The molecule has 3 heterocycles. The smallest absolute Gasteiger partial charge is 0.246 e. The van der Waals surface area contributed by atoms with Crippen LogP contribution in [0.25, 0.3) is 11.4 Å². The van der Waals surface area contributed by atoms with E-state index in [1.54, 1.807) is 12.4 Å². The molecule has 4 rings (SSSR count). The molecule has 0 aliphatic carbocycles. The first-order valence-corrected chi connectivity index (χ1v) is 7.39. The Labute approximate surface area is 128 Å². The van der Waals surface area contributed by atoms with Gasteiger partial charge in [-0.1, -0.05) is 23.4 Å². The number of para-hydroxylation sites is 1. The summed E-state index contributed by atoms with van der Waals surface area (Å²) in [6.07, 6.45) is 4.52. The van der Waals surface area contributed by atoms with Crippen molar-refractivity contribution < 1.29 is 4.52 Å². The van der Waals surface area contributed by atoms with E-state index < -0.39 is 0 Å². The third kappa shape index (κ3) is 2.24. The molecule has 0 fully saturated rings. The molecule has 1 aliphatic heterocycles. The summed E-state index contributed by atoms with van der Waals surface area (Å²) in [5.41, 5.74) is 3.51. The maximum atomic E-state index is 5.41. The molecule has 5 nitrogen and oxygen atoms in total. The van der Waals surface area contributed by atoms with Gasteiger partial charge in [0.15, 0.2) is 0 Å². The number of hydrogen-bond acceptors (Lipinski definition) is 5. The minimum Gasteiger partial charge on any atom is -0.359 e. The van der Waals surface area contributed by atoms with Crippen LogP contribution in [-0.2, 0) is 13.0 Å². The molecule has 0 spiro atoms. The molecule has 1 aromatic carbocycles. The molecule has 3 aromatic rings. The van der Waals surface area contributed by atoms with Crippen molar-refractivity contribution in [3.63, 3.8) is 0 Å². The van der Waals surface area contributed by atoms with Crippen molar-refractivity contribution in [1.82, 2.24) is 15.1 Å². The topological polar surface area (TPSA) is 55.1 Å². The molecule has 0 bridgehead atoms. The van der Waals surface area contributed by atoms with Gasteiger partial charge in [-0.25, -0.2) is 0 Å². The number of benzene rings is 1. The van der Waals surface area contributed by atoms with Gasteiger partial charge in [-0.15, -0.1) is 0 Å². The van der Waals surface area contributed by atoms with Gasteiger partial charge >= 0.3 is 0 Å². The quantitative estimate of drug-likeness (QED) is 0.742. The van der Waals surface area contributed by atoms with Crippen LogP contribution in [0.1, 0.15) is 18.4 Å². The van der Waals surface area contributed by atoms with Crippen LogP contribution < -0.4 is 4.90 Å². The highest BCUT2D eigenvalue weighted by Crippen LogP contribution is 2.32. The number of pyridine rings is 1. The van der Waals surface area contributed by atoms with E-state index in [-0.39, 0.29) is 0 Å². The van der Waals surface area contributed by atoms with E-state index in [4.69, 9.17) is 4.52 Å². The maximum absolute atomic E-state index is 5.41. The molecule has 1 atom stereocenters. The molecule has 1 aliphatic rings. The molecule has 0 amide bonds. The fraction of sp³-hybridized carbons (Fsp3) is 0.235. The Balaban J connectivity index is 1.59. The summed E-state index contributed by atoms with van der Waals surface area (Å²) in [4.78, 5) is 10.9. The molecular formula is C17H16N4O. The van der Waals surface area contributed by atoms with Gasteiger partial charge in [0.25, 0.3) is 0 Å². The maximum Gasteiger partial charge on any atom is 0.246 e. The number of aromatic nitrogens is 3. The van der Waals surface area contributed by atoms with Gasteiger partial charge < -0.3 is 9.42 Å². The van der Waals surface area contributed by atoms with Crippen LogP contribution in [0, 0.1) is 0 Å². The highest BCUT2D eigenvalue weighted by Gasteiger charge is 2.27. The molecule has 0 unspecified atom stereocenters. The lowest BCUT2D eigenvalue weighted by Gasteiger charge is -2.22. The second kappa shape index (κ2) is 5.26. The van der Waals surface area contributed by atoms with E-state index in [2.05, 4.69) is 51.2 Å². The third-order valence-corrected chi connectivity index (χ3v) is 4.04. The van der Waals surface area contributed by atoms with Gasteiger partial charge in [0.1, 0.15) is 0 Å². The van der Waals surface area contributed by atoms with E-state index in [1.165, 1.54) is 11.3 Å². The molecule has 110 valence electrons. The molecule has 22 heavy (non-hydrogen) atoms. The van der Waals surface area contributed by atoms with Crippen LogP contribution in [0.4, 0.5) is 5.69 Å². The van der Waals surface area contributed by atoms with Crippen LogP contribution >= 0.6 is 0 Å². The summed E-state index contributed by atoms with van der Waals surface area (Å²) in [6.45, 7) is 2.85. The van der Waals surface area contributed by atoms with Gasteiger partial charge in [0.2, 0.25) is 11.7 Å². The zero-order chi connectivity index (χ0) is 14.9. The normalized spacial score (nSPS) is 16.8. The summed E-state index contributed by atoms with van der Waals surface area (Å²) < 4.78 is 5.41. The van der Waals surface area contributed by atoms with Crippen molar-refractivity contribution >= 4 is 5.69 Å². The summed E-state index contributed by atoms with van der Waals surface area (Å²) >= 11 is 0. The van der Waals surface area contributed by atoms with Gasteiger partial charge in [-0.2, -0.15) is 4.98 Å². The predicted octanol–water partition coefficient (Wildman–Crippen LogP) is 3.08. The van der Waals surface area contributed by atoms with Crippen molar-refractivity contribution in [3.05, 3.63) is 60.2 Å². The minimum atomic E-state index is 0.436. The molecular weight excluding hydrogens is 276 g/mol. The van der Waals surface area contributed by atoms with E-state index in [9.17, 15) is 0 Å². The zero-order valence-corrected chi connectivity index (χ0v) is 12.3. The summed E-state index contributed by atoms with van der Waals surface area (Å²) in [5.74, 6) is 1.21. The molecule has 2 aromatic heterocycles.